The molecule has 32 heavy (non-hydrogen) atoms. The van der Waals surface area contributed by atoms with E-state index >= 15 is 0 Å². The molecule has 6 nitrogen and oxygen atoms in total. The number of carbonyl (C=O) groups excluding carboxylic acids is 2. The van der Waals surface area contributed by atoms with Crippen molar-refractivity contribution in [3.63, 3.8) is 0 Å². The summed E-state index contributed by atoms with van der Waals surface area (Å²) in [5.41, 5.74) is 3.04. The summed E-state index contributed by atoms with van der Waals surface area (Å²) in [5.74, 6) is 0.696. The van der Waals surface area contributed by atoms with Crippen LogP contribution < -0.4 is 15.4 Å². The fourth-order valence-electron chi connectivity index (χ4n) is 3.38. The van der Waals surface area contributed by atoms with Gasteiger partial charge < -0.3 is 15.4 Å². The van der Waals surface area contributed by atoms with Gasteiger partial charge in [-0.05, 0) is 55.0 Å². The van der Waals surface area contributed by atoms with Crippen molar-refractivity contribution in [2.75, 3.05) is 18.5 Å². The van der Waals surface area contributed by atoms with Gasteiger partial charge in [0.15, 0.2) is 6.61 Å². The van der Waals surface area contributed by atoms with Gasteiger partial charge in [0.1, 0.15) is 5.75 Å². The standard InChI is InChI=1S/C24H25N3O3S2/c1-13(2)11-25-24(29)16-5-6-18(14(3)9-16)27-21(28)12-30-19-10-20-22(26-15(4)32-20)23-17(19)7-8-31-23/h5-10,13H,11-12H2,1-4H3,(H,25,29)(H,27,28). The highest BCUT2D eigenvalue weighted by Crippen LogP contribution is 2.38. The van der Waals surface area contributed by atoms with Crippen LogP contribution in [0.4, 0.5) is 5.69 Å². The fourth-order valence-corrected chi connectivity index (χ4v) is 5.21. The Bertz CT molecular complexity index is 1310. The van der Waals surface area contributed by atoms with E-state index in [1.165, 1.54) is 0 Å². The van der Waals surface area contributed by atoms with Crippen molar-refractivity contribution < 1.29 is 14.3 Å². The maximum atomic E-state index is 12.6. The van der Waals surface area contributed by atoms with Crippen molar-refractivity contribution in [1.29, 1.82) is 0 Å². The van der Waals surface area contributed by atoms with Gasteiger partial charge in [-0.3, -0.25) is 9.59 Å². The molecule has 4 aromatic rings. The van der Waals surface area contributed by atoms with Crippen LogP contribution in [0.5, 0.6) is 5.75 Å². The van der Waals surface area contributed by atoms with Crippen molar-refractivity contribution >= 4 is 60.5 Å². The van der Waals surface area contributed by atoms with Crippen LogP contribution in [0.2, 0.25) is 0 Å². The zero-order valence-corrected chi connectivity index (χ0v) is 20.1. The zero-order chi connectivity index (χ0) is 22.8. The van der Waals surface area contributed by atoms with Crippen molar-refractivity contribution in [2.24, 2.45) is 5.92 Å². The number of benzene rings is 2. The lowest BCUT2D eigenvalue weighted by Gasteiger charge is -2.12. The van der Waals surface area contributed by atoms with E-state index in [1.54, 1.807) is 40.9 Å². The van der Waals surface area contributed by atoms with Crippen LogP contribution in [0, 0.1) is 19.8 Å². The highest BCUT2D eigenvalue weighted by atomic mass is 32.1. The minimum absolute atomic E-state index is 0.107. The first-order chi connectivity index (χ1) is 15.3. The number of aromatic nitrogens is 1. The maximum absolute atomic E-state index is 12.6. The molecule has 2 heterocycles. The lowest BCUT2D eigenvalue weighted by atomic mass is 10.1. The van der Waals surface area contributed by atoms with Gasteiger partial charge in [-0.2, -0.15) is 0 Å². The number of rotatable bonds is 7. The fraction of sp³-hybridized carbons (Fsp3) is 0.292. The number of anilines is 1. The first-order valence-corrected chi connectivity index (χ1v) is 12.1. The number of thiophene rings is 1. The van der Waals surface area contributed by atoms with Crippen LogP contribution in [0.15, 0.2) is 35.7 Å². The molecule has 2 aromatic heterocycles. The number of amides is 2. The molecule has 166 valence electrons. The summed E-state index contributed by atoms with van der Waals surface area (Å²) in [6.45, 7) is 8.46. The quantitative estimate of drug-likeness (QED) is 0.374. The molecule has 0 atom stereocenters. The normalized spacial score (nSPS) is 11.3. The average Bonchev–Trinajstić information content (AvgIpc) is 3.37. The molecule has 0 spiro atoms. The third-order valence-electron chi connectivity index (χ3n) is 4.96. The first-order valence-electron chi connectivity index (χ1n) is 10.4. The van der Waals surface area contributed by atoms with E-state index in [1.807, 2.05) is 45.2 Å². The number of ether oxygens (including phenoxy) is 1. The molecular weight excluding hydrogens is 442 g/mol. The number of carbonyl (C=O) groups is 2. The number of nitrogens with zero attached hydrogens (tertiary/aromatic N) is 1. The minimum atomic E-state index is -0.255. The lowest BCUT2D eigenvalue weighted by molar-refractivity contribution is -0.118. The average molecular weight is 468 g/mol. The van der Waals surface area contributed by atoms with Gasteiger partial charge in [-0.15, -0.1) is 22.7 Å². The molecule has 0 aliphatic rings. The van der Waals surface area contributed by atoms with E-state index in [9.17, 15) is 9.59 Å². The minimum Gasteiger partial charge on any atom is -0.483 e. The molecule has 0 radical (unpaired) electrons. The molecular formula is C24H25N3O3S2. The molecule has 2 aromatic carbocycles. The summed E-state index contributed by atoms with van der Waals surface area (Å²) in [7, 11) is 0. The van der Waals surface area contributed by atoms with Gasteiger partial charge in [0, 0.05) is 29.2 Å². The van der Waals surface area contributed by atoms with E-state index in [0.29, 0.717) is 29.5 Å². The van der Waals surface area contributed by atoms with Gasteiger partial charge in [-0.1, -0.05) is 13.8 Å². The molecule has 2 N–H and O–H groups in total. The highest BCUT2D eigenvalue weighted by Gasteiger charge is 2.15. The number of aryl methyl sites for hydroxylation is 2. The molecule has 0 saturated carbocycles. The van der Waals surface area contributed by atoms with Crippen molar-refractivity contribution in [1.82, 2.24) is 10.3 Å². The highest BCUT2D eigenvalue weighted by molar-refractivity contribution is 7.21. The van der Waals surface area contributed by atoms with E-state index < -0.39 is 0 Å². The van der Waals surface area contributed by atoms with Gasteiger partial charge >= 0.3 is 0 Å². The van der Waals surface area contributed by atoms with Crippen molar-refractivity contribution in [2.45, 2.75) is 27.7 Å². The molecule has 2 amide bonds. The second-order valence-corrected chi connectivity index (χ2v) is 10.2. The van der Waals surface area contributed by atoms with Crippen LogP contribution in [-0.4, -0.2) is 29.9 Å². The van der Waals surface area contributed by atoms with Crippen molar-refractivity contribution in [3.05, 3.63) is 51.8 Å². The first kappa shape index (κ1) is 22.2. The summed E-state index contributed by atoms with van der Waals surface area (Å²) in [6, 6.07) is 9.20. The number of hydrogen-bond donors (Lipinski definition) is 2. The van der Waals surface area contributed by atoms with Gasteiger partial charge in [0.25, 0.3) is 11.8 Å². The van der Waals surface area contributed by atoms with E-state index in [-0.39, 0.29) is 18.4 Å². The predicted molar refractivity (Wildman–Crippen MR) is 132 cm³/mol. The summed E-state index contributed by atoms with van der Waals surface area (Å²) in [5, 5.41) is 9.75. The third-order valence-corrected chi connectivity index (χ3v) is 6.80. The molecule has 8 heteroatoms. The maximum Gasteiger partial charge on any atom is 0.262 e. The second-order valence-electron chi connectivity index (χ2n) is 8.09. The summed E-state index contributed by atoms with van der Waals surface area (Å²) in [6.07, 6.45) is 0. The monoisotopic (exact) mass is 467 g/mol. The SMILES string of the molecule is Cc1nc2c(cc(OCC(=O)Nc3ccc(C(=O)NCC(C)C)cc3C)c3ccsc32)s1. The predicted octanol–water partition coefficient (Wildman–Crippen LogP) is 5.53. The topological polar surface area (TPSA) is 80.3 Å². The molecule has 4 rings (SSSR count). The largest absolute Gasteiger partial charge is 0.483 e. The van der Waals surface area contributed by atoms with Gasteiger partial charge in [0.05, 0.1) is 19.9 Å². The van der Waals surface area contributed by atoms with Crippen LogP contribution in [-0.2, 0) is 4.79 Å². The Labute approximate surface area is 194 Å². The molecule has 0 aliphatic heterocycles. The Morgan fingerprint density at radius 3 is 2.72 bits per heavy atom. The van der Waals surface area contributed by atoms with Crippen LogP contribution in [0.3, 0.4) is 0 Å². The molecule has 0 fully saturated rings. The van der Waals surface area contributed by atoms with E-state index in [2.05, 4.69) is 15.6 Å². The van der Waals surface area contributed by atoms with Crippen molar-refractivity contribution in [3.8, 4) is 5.75 Å². The number of fused-ring (bicyclic) bond motifs is 3. The summed E-state index contributed by atoms with van der Waals surface area (Å²) >= 11 is 3.24. The zero-order valence-electron chi connectivity index (χ0n) is 18.4. The lowest BCUT2D eigenvalue weighted by Crippen LogP contribution is -2.27. The number of hydrogen-bond acceptors (Lipinski definition) is 6. The Morgan fingerprint density at radius 2 is 1.97 bits per heavy atom. The van der Waals surface area contributed by atoms with Gasteiger partial charge in [-0.25, -0.2) is 4.98 Å². The molecule has 0 unspecified atom stereocenters. The second kappa shape index (κ2) is 9.26. The smallest absolute Gasteiger partial charge is 0.262 e. The van der Waals surface area contributed by atoms with E-state index in [0.717, 1.165) is 30.9 Å². The van der Waals surface area contributed by atoms with Gasteiger partial charge in [0.2, 0.25) is 0 Å². The van der Waals surface area contributed by atoms with Crippen LogP contribution in [0.25, 0.3) is 20.3 Å². The van der Waals surface area contributed by atoms with E-state index in [4.69, 9.17) is 4.74 Å². The van der Waals surface area contributed by atoms with Crippen LogP contribution in [0.1, 0.15) is 34.8 Å². The van der Waals surface area contributed by atoms with Crippen LogP contribution >= 0.6 is 22.7 Å². The molecule has 0 saturated heterocycles. The Kier molecular flexibility index (Phi) is 6.43. The third kappa shape index (κ3) is 4.76. The Hall–Kier alpha value is -2.97. The summed E-state index contributed by atoms with van der Waals surface area (Å²) in [4.78, 5) is 29.4. The summed E-state index contributed by atoms with van der Waals surface area (Å²) < 4.78 is 8.02. The molecule has 0 aliphatic carbocycles. The number of nitrogens with one attached hydrogen (secondary N) is 2. The number of thiazole rings is 1. The molecule has 0 bridgehead atoms. The Balaban J connectivity index is 1.43. The Morgan fingerprint density at radius 1 is 1.16 bits per heavy atom.